The van der Waals surface area contributed by atoms with Crippen molar-refractivity contribution >= 4 is 17.6 Å². The topological polar surface area (TPSA) is 46.5 Å². The van der Waals surface area contributed by atoms with Gasteiger partial charge in [0.2, 0.25) is 5.60 Å². The maximum Gasteiger partial charge on any atom is 0.348 e. The highest BCUT2D eigenvalue weighted by Crippen LogP contribution is 2.36. The normalized spacial score (nSPS) is 14.8. The van der Waals surface area contributed by atoms with Gasteiger partial charge in [-0.15, -0.1) is 0 Å². The molecule has 0 aliphatic carbocycles. The number of carboxylic acids is 1. The Bertz CT molecular complexity index is 707. The first-order chi connectivity index (χ1) is 11.8. The second-order valence-corrected chi connectivity index (χ2v) is 7.19. The number of carbonyl (C=O) groups is 1. The molecule has 2 rings (SSSR count). The lowest BCUT2D eigenvalue weighted by molar-refractivity contribution is -0.156. The predicted molar refractivity (Wildman–Crippen MR) is 102 cm³/mol. The molecule has 0 saturated carbocycles. The van der Waals surface area contributed by atoms with Gasteiger partial charge in [0.1, 0.15) is 5.75 Å². The van der Waals surface area contributed by atoms with E-state index in [1.807, 2.05) is 43.3 Å². The molecule has 0 heterocycles. The van der Waals surface area contributed by atoms with E-state index in [4.69, 9.17) is 16.3 Å². The van der Waals surface area contributed by atoms with E-state index in [0.717, 1.165) is 5.56 Å². The first-order valence-corrected chi connectivity index (χ1v) is 8.93. The van der Waals surface area contributed by atoms with Gasteiger partial charge in [0.25, 0.3) is 0 Å². The summed E-state index contributed by atoms with van der Waals surface area (Å²) < 4.78 is 6.00. The lowest BCUT2D eigenvalue weighted by Gasteiger charge is -2.34. The summed E-state index contributed by atoms with van der Waals surface area (Å²) in [6, 6.07) is 14.9. The summed E-state index contributed by atoms with van der Waals surface area (Å²) >= 11 is 5.96. The molecule has 0 fully saturated rings. The van der Waals surface area contributed by atoms with Crippen LogP contribution in [0, 0.1) is 0 Å². The molecule has 3 nitrogen and oxygen atoms in total. The van der Waals surface area contributed by atoms with Crippen molar-refractivity contribution in [3.05, 3.63) is 64.7 Å². The third-order valence-corrected chi connectivity index (χ3v) is 4.90. The third kappa shape index (κ3) is 4.35. The van der Waals surface area contributed by atoms with E-state index in [1.165, 1.54) is 5.56 Å². The van der Waals surface area contributed by atoms with Gasteiger partial charge in [-0.2, -0.15) is 0 Å². The van der Waals surface area contributed by atoms with Crippen molar-refractivity contribution in [3.8, 4) is 5.75 Å². The van der Waals surface area contributed by atoms with Crippen molar-refractivity contribution in [3.63, 3.8) is 0 Å². The summed E-state index contributed by atoms with van der Waals surface area (Å²) in [4.78, 5) is 12.1. The van der Waals surface area contributed by atoms with Crippen LogP contribution >= 0.6 is 11.6 Å². The minimum atomic E-state index is -1.37. The molecule has 4 heteroatoms. The maximum atomic E-state index is 12.1. The van der Waals surface area contributed by atoms with Gasteiger partial charge in [-0.3, -0.25) is 0 Å². The van der Waals surface area contributed by atoms with E-state index in [2.05, 4.69) is 13.8 Å². The van der Waals surface area contributed by atoms with E-state index in [1.54, 1.807) is 19.1 Å². The molecule has 0 spiro atoms. The van der Waals surface area contributed by atoms with Crippen LogP contribution in [-0.2, 0) is 4.79 Å². The van der Waals surface area contributed by atoms with E-state index in [9.17, 15) is 9.90 Å². The van der Waals surface area contributed by atoms with Crippen molar-refractivity contribution in [1.82, 2.24) is 0 Å². The summed E-state index contributed by atoms with van der Waals surface area (Å²) in [6.07, 6.45) is 0.633. The second-order valence-electron chi connectivity index (χ2n) is 6.75. The summed E-state index contributed by atoms with van der Waals surface area (Å²) in [6.45, 7) is 7.83. The molecular formula is C21H25ClO3. The number of hydrogen-bond acceptors (Lipinski definition) is 2. The van der Waals surface area contributed by atoms with Crippen molar-refractivity contribution in [2.24, 2.45) is 0 Å². The number of carboxylic acid groups (broad SMARTS) is 1. The quantitative estimate of drug-likeness (QED) is 0.670. The number of halogens is 1. The first kappa shape index (κ1) is 19.3. The Morgan fingerprint density at radius 2 is 1.60 bits per heavy atom. The number of rotatable bonds is 7. The Balaban J connectivity index is 2.35. The van der Waals surface area contributed by atoms with Crippen LogP contribution in [0.15, 0.2) is 48.5 Å². The van der Waals surface area contributed by atoms with Gasteiger partial charge in [-0.25, -0.2) is 4.79 Å². The minimum absolute atomic E-state index is 0.299. The van der Waals surface area contributed by atoms with Gasteiger partial charge in [0.05, 0.1) is 0 Å². The Morgan fingerprint density at radius 1 is 1.08 bits per heavy atom. The van der Waals surface area contributed by atoms with E-state index in [0.29, 0.717) is 23.1 Å². The summed E-state index contributed by atoms with van der Waals surface area (Å²) in [7, 11) is 0. The largest absolute Gasteiger partial charge is 0.478 e. The predicted octanol–water partition coefficient (Wildman–Crippen LogP) is 5.88. The smallest absolute Gasteiger partial charge is 0.348 e. The molecule has 0 amide bonds. The fourth-order valence-corrected chi connectivity index (χ4v) is 3.19. The average Bonchev–Trinajstić information content (AvgIpc) is 2.57. The van der Waals surface area contributed by atoms with Crippen molar-refractivity contribution in [2.75, 3.05) is 0 Å². The molecule has 2 aromatic carbocycles. The minimum Gasteiger partial charge on any atom is -0.478 e. The van der Waals surface area contributed by atoms with Crippen LogP contribution in [0.3, 0.4) is 0 Å². The van der Waals surface area contributed by atoms with E-state index >= 15 is 0 Å². The third-order valence-electron chi connectivity index (χ3n) is 4.65. The van der Waals surface area contributed by atoms with Crippen LogP contribution in [0.2, 0.25) is 5.02 Å². The highest BCUT2D eigenvalue weighted by Gasteiger charge is 2.44. The Hall–Kier alpha value is -2.00. The summed E-state index contributed by atoms with van der Waals surface area (Å²) in [5.41, 5.74) is 0.715. The summed E-state index contributed by atoms with van der Waals surface area (Å²) in [5, 5.41) is 10.5. The number of benzene rings is 2. The first-order valence-electron chi connectivity index (χ1n) is 8.55. The Kier molecular flexibility index (Phi) is 6.12. The maximum absolute atomic E-state index is 12.1. The van der Waals surface area contributed by atoms with Gasteiger partial charge in [0.15, 0.2) is 0 Å². The zero-order valence-corrected chi connectivity index (χ0v) is 15.9. The van der Waals surface area contributed by atoms with Gasteiger partial charge in [-0.1, -0.05) is 56.6 Å². The number of aliphatic carboxylic acids is 1. The lowest BCUT2D eigenvalue weighted by Crippen LogP contribution is -2.47. The molecule has 0 radical (unpaired) electrons. The van der Waals surface area contributed by atoms with Crippen molar-refractivity contribution < 1.29 is 14.6 Å². The molecule has 0 saturated heterocycles. The van der Waals surface area contributed by atoms with Crippen LogP contribution in [0.5, 0.6) is 5.75 Å². The highest BCUT2D eigenvalue weighted by atomic mass is 35.5. The second kappa shape index (κ2) is 7.92. The molecule has 0 aliphatic heterocycles. The van der Waals surface area contributed by atoms with Crippen LogP contribution < -0.4 is 4.74 Å². The van der Waals surface area contributed by atoms with Crippen LogP contribution in [0.25, 0.3) is 0 Å². The molecule has 0 aromatic heterocycles. The van der Waals surface area contributed by atoms with Crippen LogP contribution in [-0.4, -0.2) is 16.7 Å². The SMILES string of the molecule is CC[C@H](c1ccc(Cl)cc1)[C@@](C)(Oc1ccc(C(C)C)cc1)C(=O)O. The standard InChI is InChI=1S/C21H25ClO3/c1-5-19(16-6-10-17(22)11-7-16)21(4,20(23)24)25-18-12-8-15(9-13-18)14(2)3/h6-14,19H,5H2,1-4H3,(H,23,24)/t19-,21-/m1/s1. The Morgan fingerprint density at radius 3 is 2.04 bits per heavy atom. The van der Waals surface area contributed by atoms with E-state index in [-0.39, 0.29) is 5.92 Å². The van der Waals surface area contributed by atoms with Gasteiger partial charge >= 0.3 is 5.97 Å². The molecule has 2 aromatic rings. The van der Waals surface area contributed by atoms with Crippen LogP contribution in [0.1, 0.15) is 57.1 Å². The fourth-order valence-electron chi connectivity index (χ4n) is 3.07. The molecule has 25 heavy (non-hydrogen) atoms. The zero-order valence-electron chi connectivity index (χ0n) is 15.1. The average molecular weight is 361 g/mol. The number of ether oxygens (including phenoxy) is 1. The zero-order chi connectivity index (χ0) is 18.6. The lowest BCUT2D eigenvalue weighted by atomic mass is 9.81. The van der Waals surface area contributed by atoms with Crippen molar-refractivity contribution in [2.45, 2.75) is 51.6 Å². The number of hydrogen-bond donors (Lipinski definition) is 1. The van der Waals surface area contributed by atoms with Gasteiger partial charge < -0.3 is 9.84 Å². The van der Waals surface area contributed by atoms with Crippen molar-refractivity contribution in [1.29, 1.82) is 0 Å². The summed E-state index contributed by atoms with van der Waals surface area (Å²) in [5.74, 6) is -0.312. The molecule has 0 bridgehead atoms. The molecule has 2 atom stereocenters. The molecule has 0 aliphatic rings. The molecular weight excluding hydrogens is 336 g/mol. The van der Waals surface area contributed by atoms with Gasteiger partial charge in [-0.05, 0) is 54.7 Å². The molecule has 134 valence electrons. The van der Waals surface area contributed by atoms with E-state index < -0.39 is 11.6 Å². The van der Waals surface area contributed by atoms with Gasteiger partial charge in [0, 0.05) is 10.9 Å². The fraction of sp³-hybridized carbons (Fsp3) is 0.381. The Labute approximate surface area is 154 Å². The molecule has 1 N–H and O–H groups in total. The molecule has 0 unspecified atom stereocenters. The van der Waals surface area contributed by atoms with Crippen LogP contribution in [0.4, 0.5) is 0 Å². The highest BCUT2D eigenvalue weighted by molar-refractivity contribution is 6.30. The monoisotopic (exact) mass is 360 g/mol.